The largest absolute Gasteiger partial charge is 0.269 e. The van der Waals surface area contributed by atoms with E-state index in [9.17, 15) is 9.59 Å². The van der Waals surface area contributed by atoms with Gasteiger partial charge in [-0.1, -0.05) is 13.2 Å². The van der Waals surface area contributed by atoms with E-state index >= 15 is 0 Å². The number of carbonyl (C=O) groups excluding carboxylic acids is 2. The van der Waals surface area contributed by atoms with Crippen LogP contribution in [0.5, 0.6) is 0 Å². The summed E-state index contributed by atoms with van der Waals surface area (Å²) in [6, 6.07) is 3.24. The van der Waals surface area contributed by atoms with E-state index in [2.05, 4.69) is 18.1 Å². The first kappa shape index (κ1) is 10.8. The molecular weight excluding hydrogens is 192 g/mol. The van der Waals surface area contributed by atoms with Crippen molar-refractivity contribution in [3.05, 3.63) is 49.8 Å². The molecule has 0 N–H and O–H groups in total. The molecule has 4 nitrogen and oxygen atoms in total. The molecule has 0 bridgehead atoms. The second-order valence-electron chi connectivity index (χ2n) is 2.63. The summed E-state index contributed by atoms with van der Waals surface area (Å²) in [5.74, 6) is -1.01. The number of imide groups is 1. The van der Waals surface area contributed by atoms with Gasteiger partial charge in [0.25, 0.3) is 11.8 Å². The highest BCUT2D eigenvalue weighted by atomic mass is 16.2. The summed E-state index contributed by atoms with van der Waals surface area (Å²) in [4.78, 5) is 27.6. The number of aromatic nitrogens is 1. The first-order valence-electron chi connectivity index (χ1n) is 4.23. The van der Waals surface area contributed by atoms with Crippen LogP contribution in [0.25, 0.3) is 0 Å². The Bertz CT molecular complexity index is 378. The van der Waals surface area contributed by atoms with Crippen LogP contribution in [0.15, 0.2) is 49.8 Å². The number of rotatable bonds is 3. The van der Waals surface area contributed by atoms with Gasteiger partial charge in [0.1, 0.15) is 0 Å². The van der Waals surface area contributed by atoms with E-state index in [0.717, 1.165) is 17.1 Å². The van der Waals surface area contributed by atoms with Gasteiger partial charge < -0.3 is 0 Å². The van der Waals surface area contributed by atoms with Gasteiger partial charge in [-0.3, -0.25) is 14.6 Å². The van der Waals surface area contributed by atoms with Crippen molar-refractivity contribution in [2.24, 2.45) is 0 Å². The summed E-state index contributed by atoms with van der Waals surface area (Å²) in [6.07, 6.45) is 5.10. The maximum atomic E-state index is 11.4. The Kier molecular flexibility index (Phi) is 3.51. The molecule has 1 rings (SSSR count). The topological polar surface area (TPSA) is 50.3 Å². The normalized spacial score (nSPS) is 9.07. The van der Waals surface area contributed by atoms with Gasteiger partial charge in [-0.2, -0.15) is 0 Å². The molecule has 1 aromatic rings. The molecule has 2 amide bonds. The zero-order valence-electron chi connectivity index (χ0n) is 8.09. The van der Waals surface area contributed by atoms with Gasteiger partial charge in [0.15, 0.2) is 0 Å². The summed E-state index contributed by atoms with van der Waals surface area (Å²) in [7, 11) is 0. The van der Waals surface area contributed by atoms with Crippen LogP contribution < -0.4 is 4.90 Å². The number of amides is 2. The van der Waals surface area contributed by atoms with Crippen molar-refractivity contribution in [2.45, 2.75) is 0 Å². The minimum atomic E-state index is -0.507. The molecule has 4 heteroatoms. The lowest BCUT2D eigenvalue weighted by atomic mass is 10.3. The lowest BCUT2D eigenvalue weighted by molar-refractivity contribution is -0.121. The number of hydrogen-bond donors (Lipinski definition) is 0. The van der Waals surface area contributed by atoms with Crippen molar-refractivity contribution in [2.75, 3.05) is 4.90 Å². The lowest BCUT2D eigenvalue weighted by Crippen LogP contribution is -2.34. The molecule has 1 aromatic heterocycles. The molecule has 0 aliphatic heterocycles. The Balaban J connectivity index is 3.12. The highest BCUT2D eigenvalue weighted by Gasteiger charge is 2.18. The van der Waals surface area contributed by atoms with Gasteiger partial charge >= 0.3 is 0 Å². The average Bonchev–Trinajstić information content (AvgIpc) is 2.30. The Labute approximate surface area is 87.5 Å². The predicted octanol–water partition coefficient (Wildman–Crippen LogP) is 1.31. The highest BCUT2D eigenvalue weighted by Crippen LogP contribution is 2.12. The van der Waals surface area contributed by atoms with E-state index in [0.29, 0.717) is 5.69 Å². The van der Waals surface area contributed by atoms with Crippen LogP contribution in [0.3, 0.4) is 0 Å². The molecule has 0 fully saturated rings. The first-order chi connectivity index (χ1) is 7.20. The van der Waals surface area contributed by atoms with Gasteiger partial charge in [0.2, 0.25) is 0 Å². The zero-order valence-corrected chi connectivity index (χ0v) is 8.09. The molecule has 0 spiro atoms. The van der Waals surface area contributed by atoms with Gasteiger partial charge in [-0.05, 0) is 24.3 Å². The van der Waals surface area contributed by atoms with Crippen LogP contribution in [0.4, 0.5) is 5.69 Å². The third-order valence-electron chi connectivity index (χ3n) is 1.69. The van der Waals surface area contributed by atoms with Crippen molar-refractivity contribution >= 4 is 17.5 Å². The third-order valence-corrected chi connectivity index (χ3v) is 1.69. The number of hydrogen-bond acceptors (Lipinski definition) is 3. The van der Waals surface area contributed by atoms with Crippen molar-refractivity contribution < 1.29 is 9.59 Å². The molecule has 0 aliphatic rings. The SMILES string of the molecule is C=CC(=O)N(C(=O)C=C)c1cccnc1. The van der Waals surface area contributed by atoms with E-state index in [1.807, 2.05) is 0 Å². The van der Waals surface area contributed by atoms with E-state index in [1.54, 1.807) is 18.3 Å². The Hall–Kier alpha value is -2.23. The molecule has 0 unspecified atom stereocenters. The number of carbonyl (C=O) groups is 2. The minimum absolute atomic E-state index is 0.396. The second kappa shape index (κ2) is 4.85. The fourth-order valence-electron chi connectivity index (χ4n) is 1.03. The van der Waals surface area contributed by atoms with Crippen molar-refractivity contribution in [3.8, 4) is 0 Å². The van der Waals surface area contributed by atoms with E-state index < -0.39 is 11.8 Å². The number of nitrogens with zero attached hydrogens (tertiary/aromatic N) is 2. The smallest absolute Gasteiger partial charge is 0.257 e. The van der Waals surface area contributed by atoms with Crippen molar-refractivity contribution in [1.82, 2.24) is 4.98 Å². The molecule has 0 saturated heterocycles. The summed E-state index contributed by atoms with van der Waals surface area (Å²) < 4.78 is 0. The Morgan fingerprint density at radius 1 is 1.27 bits per heavy atom. The lowest BCUT2D eigenvalue weighted by Gasteiger charge is -2.16. The summed E-state index contributed by atoms with van der Waals surface area (Å²) in [5, 5.41) is 0. The molecular formula is C11H10N2O2. The minimum Gasteiger partial charge on any atom is -0.269 e. The van der Waals surface area contributed by atoms with Crippen molar-refractivity contribution in [1.29, 1.82) is 0 Å². The molecule has 15 heavy (non-hydrogen) atoms. The van der Waals surface area contributed by atoms with Crippen molar-refractivity contribution in [3.63, 3.8) is 0 Å². The second-order valence-corrected chi connectivity index (χ2v) is 2.63. The molecule has 0 atom stereocenters. The molecule has 0 aliphatic carbocycles. The molecule has 0 saturated carbocycles. The molecule has 1 heterocycles. The van der Waals surface area contributed by atoms with Gasteiger partial charge in [0, 0.05) is 6.20 Å². The van der Waals surface area contributed by atoms with Crippen LogP contribution in [0.2, 0.25) is 0 Å². The molecule has 0 aromatic carbocycles. The quantitative estimate of drug-likeness (QED) is 0.694. The maximum absolute atomic E-state index is 11.4. The predicted molar refractivity (Wildman–Crippen MR) is 57.1 cm³/mol. The zero-order chi connectivity index (χ0) is 11.3. The average molecular weight is 202 g/mol. The maximum Gasteiger partial charge on any atom is 0.257 e. The van der Waals surface area contributed by atoms with E-state index in [4.69, 9.17) is 0 Å². The third kappa shape index (κ3) is 2.37. The molecule has 76 valence electrons. The monoisotopic (exact) mass is 202 g/mol. The first-order valence-corrected chi connectivity index (χ1v) is 4.23. The summed E-state index contributed by atoms with van der Waals surface area (Å²) in [6.45, 7) is 6.65. The highest BCUT2D eigenvalue weighted by molar-refractivity contribution is 6.21. The van der Waals surface area contributed by atoms with Crippen LogP contribution >= 0.6 is 0 Å². The fraction of sp³-hybridized carbons (Fsp3) is 0. The Morgan fingerprint density at radius 3 is 2.27 bits per heavy atom. The summed E-state index contributed by atoms with van der Waals surface area (Å²) in [5.41, 5.74) is 0.396. The standard InChI is InChI=1S/C11H10N2O2/c1-3-10(14)13(11(15)4-2)9-6-5-7-12-8-9/h3-8H,1-2H2. The van der Waals surface area contributed by atoms with Gasteiger partial charge in [0.05, 0.1) is 11.9 Å². The Morgan fingerprint density at radius 2 is 1.87 bits per heavy atom. The molecule has 0 radical (unpaired) electrons. The van der Waals surface area contributed by atoms with E-state index in [1.165, 1.54) is 6.20 Å². The van der Waals surface area contributed by atoms with Gasteiger partial charge in [-0.15, -0.1) is 0 Å². The number of pyridine rings is 1. The van der Waals surface area contributed by atoms with E-state index in [-0.39, 0.29) is 0 Å². The fourth-order valence-corrected chi connectivity index (χ4v) is 1.03. The summed E-state index contributed by atoms with van der Waals surface area (Å²) >= 11 is 0. The number of anilines is 1. The van der Waals surface area contributed by atoms with Crippen LogP contribution in [0, 0.1) is 0 Å². The van der Waals surface area contributed by atoms with Gasteiger partial charge in [-0.25, -0.2) is 4.90 Å². The van der Waals surface area contributed by atoms with Crippen LogP contribution in [-0.2, 0) is 9.59 Å². The van der Waals surface area contributed by atoms with Crippen LogP contribution in [0.1, 0.15) is 0 Å². The van der Waals surface area contributed by atoms with Crippen LogP contribution in [-0.4, -0.2) is 16.8 Å².